The lowest BCUT2D eigenvalue weighted by Crippen LogP contribution is -1.82. The van der Waals surface area contributed by atoms with Crippen LogP contribution in [0, 0.1) is 6.92 Å². The zero-order valence-electron chi connectivity index (χ0n) is 22.2. The van der Waals surface area contributed by atoms with Crippen LogP contribution in [0.1, 0.15) is 18.1 Å². The molecule has 0 radical (unpaired) electrons. The minimum Gasteiger partial charge on any atom is -0.497 e. The molecule has 0 saturated carbocycles. The number of rotatable bonds is 5. The Labute approximate surface area is 222 Å². The first-order valence-electron chi connectivity index (χ1n) is 12.6. The van der Waals surface area contributed by atoms with E-state index in [0.29, 0.717) is 5.76 Å². The van der Waals surface area contributed by atoms with E-state index < -0.39 is 0 Å². The second-order valence-electron chi connectivity index (χ2n) is 9.08. The van der Waals surface area contributed by atoms with Crippen molar-refractivity contribution in [2.75, 3.05) is 14.2 Å². The SMILES string of the molecule is C=C(/C=C\C(=C/C)c1ccc2c(c1)oc1cc3c(cc12)oc1cc(-c2ccc(C)cc2)ccc13)OC.CN. The molecule has 6 aromatic rings. The highest BCUT2D eigenvalue weighted by atomic mass is 16.5. The lowest BCUT2D eigenvalue weighted by atomic mass is 10.0. The maximum Gasteiger partial charge on any atom is 0.136 e. The van der Waals surface area contributed by atoms with E-state index in [1.165, 1.54) is 18.2 Å². The van der Waals surface area contributed by atoms with Gasteiger partial charge in [0.05, 0.1) is 7.11 Å². The van der Waals surface area contributed by atoms with Gasteiger partial charge in [0.1, 0.15) is 28.1 Å². The Morgan fingerprint density at radius 1 is 0.711 bits per heavy atom. The van der Waals surface area contributed by atoms with Crippen molar-refractivity contribution in [2.24, 2.45) is 5.73 Å². The lowest BCUT2D eigenvalue weighted by molar-refractivity contribution is 0.309. The van der Waals surface area contributed by atoms with Crippen molar-refractivity contribution in [2.45, 2.75) is 13.8 Å². The summed E-state index contributed by atoms with van der Waals surface area (Å²) in [5.74, 6) is 0.611. The number of fused-ring (bicyclic) bond motifs is 6. The molecule has 4 heteroatoms. The van der Waals surface area contributed by atoms with Crippen LogP contribution in [-0.2, 0) is 4.74 Å². The molecule has 2 heterocycles. The molecule has 0 aliphatic rings. The van der Waals surface area contributed by atoms with Gasteiger partial charge in [-0.25, -0.2) is 0 Å². The van der Waals surface area contributed by atoms with E-state index in [4.69, 9.17) is 13.6 Å². The van der Waals surface area contributed by atoms with Crippen LogP contribution in [0.3, 0.4) is 0 Å². The van der Waals surface area contributed by atoms with Crippen LogP contribution in [0.25, 0.3) is 60.6 Å². The summed E-state index contributed by atoms with van der Waals surface area (Å²) in [4.78, 5) is 0. The molecule has 4 aromatic carbocycles. The third-order valence-electron chi connectivity index (χ3n) is 6.81. The molecule has 0 atom stereocenters. The van der Waals surface area contributed by atoms with Gasteiger partial charge in [-0.2, -0.15) is 0 Å². The lowest BCUT2D eigenvalue weighted by Gasteiger charge is -2.03. The number of hydrogen-bond donors (Lipinski definition) is 1. The van der Waals surface area contributed by atoms with E-state index in [2.05, 4.69) is 98.1 Å². The zero-order valence-corrected chi connectivity index (χ0v) is 22.2. The van der Waals surface area contributed by atoms with Gasteiger partial charge in [-0.3, -0.25) is 0 Å². The van der Waals surface area contributed by atoms with Crippen molar-refractivity contribution < 1.29 is 13.6 Å². The summed E-state index contributed by atoms with van der Waals surface area (Å²) in [6.45, 7) is 7.97. The molecule has 4 nitrogen and oxygen atoms in total. The first-order chi connectivity index (χ1) is 18.5. The van der Waals surface area contributed by atoms with Crippen LogP contribution in [-0.4, -0.2) is 14.2 Å². The maximum atomic E-state index is 6.33. The highest BCUT2D eigenvalue weighted by Crippen LogP contribution is 2.38. The van der Waals surface area contributed by atoms with Crippen molar-refractivity contribution in [3.63, 3.8) is 0 Å². The third-order valence-corrected chi connectivity index (χ3v) is 6.81. The minimum atomic E-state index is 0.611. The number of hydrogen-bond acceptors (Lipinski definition) is 4. The molecule has 0 aliphatic heterocycles. The van der Waals surface area contributed by atoms with Gasteiger partial charge in [-0.05, 0) is 85.6 Å². The molecule has 0 bridgehead atoms. The summed E-state index contributed by atoms with van der Waals surface area (Å²) in [5, 5.41) is 4.26. The first kappa shape index (κ1) is 25.1. The predicted molar refractivity (Wildman–Crippen MR) is 160 cm³/mol. The van der Waals surface area contributed by atoms with Crippen molar-refractivity contribution in [1.82, 2.24) is 0 Å². The standard InChI is InChI=1S/C33H26O3.CH5N/c1-5-22(11-8-21(3)34-4)24-12-14-26-28-18-33-29(19-32(28)35-30(26)16-24)27-15-13-25(17-31(27)36-33)23-9-6-20(2)7-10-23;1-2/h5-19H,3H2,1-2,4H3;2H2,1H3/b11-8-,22-5+;. The van der Waals surface area contributed by atoms with E-state index in [1.54, 1.807) is 7.11 Å². The molecule has 38 heavy (non-hydrogen) atoms. The molecule has 2 N–H and O–H groups in total. The fourth-order valence-electron chi connectivity index (χ4n) is 4.76. The Kier molecular flexibility index (Phi) is 6.91. The number of furan rings is 2. The highest BCUT2D eigenvalue weighted by Gasteiger charge is 2.15. The van der Waals surface area contributed by atoms with E-state index in [1.807, 2.05) is 19.1 Å². The molecule has 6 rings (SSSR count). The average Bonchev–Trinajstić information content (AvgIpc) is 3.49. The number of benzene rings is 4. The van der Waals surface area contributed by atoms with E-state index in [9.17, 15) is 0 Å². The van der Waals surface area contributed by atoms with Crippen molar-refractivity contribution in [3.05, 3.63) is 114 Å². The molecular weight excluding hydrogens is 470 g/mol. The maximum absolute atomic E-state index is 6.33. The Bertz CT molecular complexity index is 1850. The summed E-state index contributed by atoms with van der Waals surface area (Å²) in [6, 6.07) is 25.5. The van der Waals surface area contributed by atoms with Crippen LogP contribution in [0.15, 0.2) is 112 Å². The monoisotopic (exact) mass is 501 g/mol. The summed E-state index contributed by atoms with van der Waals surface area (Å²) in [6.07, 6.45) is 5.93. The number of aryl methyl sites for hydroxylation is 1. The summed E-state index contributed by atoms with van der Waals surface area (Å²) in [5.41, 5.74) is 13.7. The molecule has 0 saturated heterocycles. The normalized spacial score (nSPS) is 12.0. The van der Waals surface area contributed by atoms with Gasteiger partial charge in [0.15, 0.2) is 0 Å². The Hall–Kier alpha value is -4.54. The van der Waals surface area contributed by atoms with Gasteiger partial charge in [0, 0.05) is 21.5 Å². The Morgan fingerprint density at radius 2 is 1.26 bits per heavy atom. The second-order valence-corrected chi connectivity index (χ2v) is 9.08. The zero-order chi connectivity index (χ0) is 26.8. The number of allylic oxidation sites excluding steroid dienone is 4. The van der Waals surface area contributed by atoms with E-state index in [0.717, 1.165) is 60.6 Å². The van der Waals surface area contributed by atoms with Gasteiger partial charge < -0.3 is 19.3 Å². The summed E-state index contributed by atoms with van der Waals surface area (Å²) >= 11 is 0. The Balaban J connectivity index is 0.00000144. The Morgan fingerprint density at radius 3 is 1.87 bits per heavy atom. The van der Waals surface area contributed by atoms with Gasteiger partial charge in [-0.15, -0.1) is 0 Å². The van der Waals surface area contributed by atoms with Crippen LogP contribution < -0.4 is 5.73 Å². The van der Waals surface area contributed by atoms with Crippen LogP contribution >= 0.6 is 0 Å². The van der Waals surface area contributed by atoms with Crippen LogP contribution in [0.2, 0.25) is 0 Å². The molecule has 0 spiro atoms. The molecular formula is C34H31NO3. The van der Waals surface area contributed by atoms with Gasteiger partial charge in [0.25, 0.3) is 0 Å². The summed E-state index contributed by atoms with van der Waals surface area (Å²) in [7, 11) is 3.12. The molecule has 2 aromatic heterocycles. The van der Waals surface area contributed by atoms with Crippen molar-refractivity contribution in [1.29, 1.82) is 0 Å². The quantitative estimate of drug-likeness (QED) is 0.189. The number of nitrogens with two attached hydrogens (primary N) is 1. The fraction of sp³-hybridized carbons (Fsp3) is 0.118. The molecule has 0 unspecified atom stereocenters. The topological polar surface area (TPSA) is 61.5 Å². The average molecular weight is 502 g/mol. The van der Waals surface area contributed by atoms with Crippen LogP contribution in [0.4, 0.5) is 0 Å². The molecule has 190 valence electrons. The minimum absolute atomic E-state index is 0.611. The van der Waals surface area contributed by atoms with Crippen molar-refractivity contribution in [3.8, 4) is 11.1 Å². The predicted octanol–water partition coefficient (Wildman–Crippen LogP) is 9.16. The van der Waals surface area contributed by atoms with Gasteiger partial charge in [0.2, 0.25) is 0 Å². The highest BCUT2D eigenvalue weighted by molar-refractivity contribution is 6.15. The largest absolute Gasteiger partial charge is 0.497 e. The summed E-state index contributed by atoms with van der Waals surface area (Å²) < 4.78 is 17.8. The third kappa shape index (κ3) is 4.51. The van der Waals surface area contributed by atoms with E-state index >= 15 is 0 Å². The molecule has 0 fully saturated rings. The van der Waals surface area contributed by atoms with Gasteiger partial charge in [-0.1, -0.05) is 60.7 Å². The number of ether oxygens (including phenoxy) is 1. The smallest absolute Gasteiger partial charge is 0.136 e. The second kappa shape index (κ2) is 10.4. The number of methoxy groups -OCH3 is 1. The van der Waals surface area contributed by atoms with Gasteiger partial charge >= 0.3 is 0 Å². The van der Waals surface area contributed by atoms with E-state index in [-0.39, 0.29) is 0 Å². The van der Waals surface area contributed by atoms with Crippen LogP contribution in [0.5, 0.6) is 0 Å². The molecule has 0 amide bonds. The fourth-order valence-corrected chi connectivity index (χ4v) is 4.76. The first-order valence-corrected chi connectivity index (χ1v) is 12.6. The molecule has 0 aliphatic carbocycles. The van der Waals surface area contributed by atoms with Crippen molar-refractivity contribution >= 4 is 49.5 Å².